The topological polar surface area (TPSA) is 118 Å². The molecule has 3 aromatic rings. The van der Waals surface area contributed by atoms with Crippen LogP contribution in [-0.4, -0.2) is 26.6 Å². The first-order valence-corrected chi connectivity index (χ1v) is 10.9. The number of nitrogens with one attached hydrogen (secondary N) is 2. The summed E-state index contributed by atoms with van der Waals surface area (Å²) in [6.45, 7) is 1.64. The third kappa shape index (κ3) is 4.03. The molecule has 1 aliphatic carbocycles. The number of thioether (sulfide) groups is 1. The maximum absolute atomic E-state index is 12.5. The number of H-pyrrole nitrogens is 1. The Bertz CT molecular complexity index is 1180. The fourth-order valence-corrected chi connectivity index (χ4v) is 5.41. The van der Waals surface area contributed by atoms with E-state index in [9.17, 15) is 19.7 Å². The summed E-state index contributed by atoms with van der Waals surface area (Å²) < 4.78 is 0. The van der Waals surface area contributed by atoms with Gasteiger partial charge in [-0.3, -0.25) is 19.7 Å². The first kappa shape index (κ1) is 19.6. The molecule has 4 rings (SSSR count). The highest BCUT2D eigenvalue weighted by Crippen LogP contribution is 2.34. The average Bonchev–Trinajstić information content (AvgIpc) is 3.06. The number of benzene rings is 1. The van der Waals surface area contributed by atoms with Crippen molar-refractivity contribution in [3.05, 3.63) is 54.7 Å². The number of nitrogens with zero attached hydrogens (tertiary/aromatic N) is 2. The molecule has 150 valence electrons. The van der Waals surface area contributed by atoms with Gasteiger partial charge in [0.25, 0.3) is 11.2 Å². The molecule has 8 nitrogen and oxygen atoms in total. The number of aromatic nitrogens is 2. The molecule has 0 aliphatic heterocycles. The van der Waals surface area contributed by atoms with Crippen molar-refractivity contribution in [3.8, 4) is 0 Å². The predicted molar refractivity (Wildman–Crippen MR) is 114 cm³/mol. The third-order valence-corrected chi connectivity index (χ3v) is 6.89. The van der Waals surface area contributed by atoms with E-state index in [2.05, 4.69) is 15.3 Å². The summed E-state index contributed by atoms with van der Waals surface area (Å²) in [4.78, 5) is 44.6. The molecule has 0 saturated heterocycles. The number of aryl methyl sites for hydroxylation is 3. The van der Waals surface area contributed by atoms with Crippen LogP contribution in [0.3, 0.4) is 0 Å². The first-order valence-electron chi connectivity index (χ1n) is 9.14. The first-order chi connectivity index (χ1) is 13.9. The van der Waals surface area contributed by atoms with E-state index in [1.807, 2.05) is 0 Å². The second-order valence-corrected chi connectivity index (χ2v) is 8.91. The van der Waals surface area contributed by atoms with Crippen LogP contribution >= 0.6 is 23.1 Å². The van der Waals surface area contributed by atoms with Gasteiger partial charge in [0.2, 0.25) is 5.91 Å². The number of hydrogen-bond donors (Lipinski definition) is 2. The Balaban J connectivity index is 1.47. The van der Waals surface area contributed by atoms with Gasteiger partial charge in [0.1, 0.15) is 4.83 Å². The maximum Gasteiger partial charge on any atom is 0.274 e. The van der Waals surface area contributed by atoms with Crippen LogP contribution in [0.25, 0.3) is 10.2 Å². The fourth-order valence-electron chi connectivity index (χ4n) is 3.43. The van der Waals surface area contributed by atoms with Crippen LogP contribution in [0.5, 0.6) is 0 Å². The quantitative estimate of drug-likeness (QED) is 0.275. The minimum absolute atomic E-state index is 0.0290. The standard InChI is InChI=1S/C19H18N4O4S2/c1-10-6-7-11(8-13(10)23(26)27)20-15(24)9-28-19-21-17(25)16-12-4-2-3-5-14(12)29-18(16)22-19/h6-8H,2-5,9H2,1H3,(H,20,24)(H,21,22,25). The van der Waals surface area contributed by atoms with Crippen molar-refractivity contribution in [3.63, 3.8) is 0 Å². The van der Waals surface area contributed by atoms with Crippen LogP contribution in [0.15, 0.2) is 28.2 Å². The van der Waals surface area contributed by atoms with Crippen LogP contribution in [0.4, 0.5) is 11.4 Å². The molecule has 0 radical (unpaired) electrons. The smallest absolute Gasteiger partial charge is 0.274 e. The molecule has 2 N–H and O–H groups in total. The Kier molecular flexibility index (Phi) is 5.37. The SMILES string of the molecule is Cc1ccc(NC(=O)CSc2nc3sc4c(c3c(=O)[nH]2)CCCC4)cc1[N+](=O)[O-]. The average molecular weight is 431 g/mol. The number of amides is 1. The van der Waals surface area contributed by atoms with Crippen LogP contribution in [-0.2, 0) is 17.6 Å². The van der Waals surface area contributed by atoms with E-state index < -0.39 is 4.92 Å². The molecule has 0 saturated carbocycles. The van der Waals surface area contributed by atoms with Crippen molar-refractivity contribution in [2.24, 2.45) is 0 Å². The largest absolute Gasteiger partial charge is 0.325 e. The van der Waals surface area contributed by atoms with Gasteiger partial charge in [0, 0.05) is 22.2 Å². The molecular formula is C19H18N4O4S2. The Morgan fingerprint density at radius 2 is 2.17 bits per heavy atom. The lowest BCUT2D eigenvalue weighted by Crippen LogP contribution is -2.16. The second-order valence-electron chi connectivity index (χ2n) is 6.86. The summed E-state index contributed by atoms with van der Waals surface area (Å²) in [6.07, 6.45) is 4.13. The Morgan fingerprint density at radius 3 is 2.97 bits per heavy atom. The van der Waals surface area contributed by atoms with Crippen molar-refractivity contribution in [1.82, 2.24) is 9.97 Å². The number of hydrogen-bond acceptors (Lipinski definition) is 7. The lowest BCUT2D eigenvalue weighted by Gasteiger charge is -2.09. The summed E-state index contributed by atoms with van der Waals surface area (Å²) in [5, 5.41) is 14.8. The molecule has 29 heavy (non-hydrogen) atoms. The summed E-state index contributed by atoms with van der Waals surface area (Å²) in [6, 6.07) is 4.54. The van der Waals surface area contributed by atoms with E-state index in [0.717, 1.165) is 47.8 Å². The fraction of sp³-hybridized carbons (Fsp3) is 0.316. The Labute approximate surface area is 173 Å². The number of nitro benzene ring substituents is 1. The molecule has 0 fully saturated rings. The van der Waals surface area contributed by atoms with E-state index in [0.29, 0.717) is 21.8 Å². The van der Waals surface area contributed by atoms with Crippen molar-refractivity contribution in [1.29, 1.82) is 0 Å². The van der Waals surface area contributed by atoms with Crippen molar-refractivity contribution >= 4 is 50.6 Å². The highest BCUT2D eigenvalue weighted by molar-refractivity contribution is 7.99. The summed E-state index contributed by atoms with van der Waals surface area (Å²) >= 11 is 2.69. The molecule has 1 aliphatic rings. The van der Waals surface area contributed by atoms with Gasteiger partial charge in [0.15, 0.2) is 5.16 Å². The molecule has 0 atom stereocenters. The number of thiophene rings is 1. The molecule has 1 aromatic carbocycles. The van der Waals surface area contributed by atoms with Crippen LogP contribution in [0.1, 0.15) is 28.8 Å². The molecular weight excluding hydrogens is 412 g/mol. The van der Waals surface area contributed by atoms with E-state index in [4.69, 9.17) is 0 Å². The molecule has 2 aromatic heterocycles. The lowest BCUT2D eigenvalue weighted by atomic mass is 9.97. The maximum atomic E-state index is 12.5. The minimum Gasteiger partial charge on any atom is -0.325 e. The van der Waals surface area contributed by atoms with Crippen LogP contribution < -0.4 is 10.9 Å². The zero-order chi connectivity index (χ0) is 20.5. The lowest BCUT2D eigenvalue weighted by molar-refractivity contribution is -0.385. The monoisotopic (exact) mass is 430 g/mol. The zero-order valence-electron chi connectivity index (χ0n) is 15.6. The number of carbonyl (C=O) groups excluding carboxylic acids is 1. The van der Waals surface area contributed by atoms with Crippen LogP contribution in [0, 0.1) is 17.0 Å². The third-order valence-electron chi connectivity index (χ3n) is 4.83. The van der Waals surface area contributed by atoms with Gasteiger partial charge in [-0.2, -0.15) is 0 Å². The predicted octanol–water partition coefficient (Wildman–Crippen LogP) is 3.81. The zero-order valence-corrected chi connectivity index (χ0v) is 17.2. The van der Waals surface area contributed by atoms with Crippen molar-refractivity contribution in [2.75, 3.05) is 11.1 Å². The molecule has 0 spiro atoms. The minimum atomic E-state index is -0.482. The summed E-state index contributed by atoms with van der Waals surface area (Å²) in [5.74, 6) is -0.303. The number of carbonyl (C=O) groups is 1. The van der Waals surface area contributed by atoms with Gasteiger partial charge >= 0.3 is 0 Å². The van der Waals surface area contributed by atoms with Crippen LogP contribution in [0.2, 0.25) is 0 Å². The Morgan fingerprint density at radius 1 is 1.38 bits per heavy atom. The highest BCUT2D eigenvalue weighted by Gasteiger charge is 2.20. The van der Waals surface area contributed by atoms with Crippen molar-refractivity contribution in [2.45, 2.75) is 37.8 Å². The second kappa shape index (κ2) is 7.96. The Hall–Kier alpha value is -2.72. The van der Waals surface area contributed by atoms with Crippen molar-refractivity contribution < 1.29 is 9.72 Å². The van der Waals surface area contributed by atoms with E-state index >= 15 is 0 Å². The number of fused-ring (bicyclic) bond motifs is 3. The van der Waals surface area contributed by atoms with E-state index in [-0.39, 0.29) is 22.9 Å². The van der Waals surface area contributed by atoms with Gasteiger partial charge in [-0.05, 0) is 44.2 Å². The summed E-state index contributed by atoms with van der Waals surface area (Å²) in [7, 11) is 0. The van der Waals surface area contributed by atoms with E-state index in [1.54, 1.807) is 30.4 Å². The number of aromatic amines is 1. The molecule has 10 heteroatoms. The number of nitro groups is 1. The molecule has 1 amide bonds. The summed E-state index contributed by atoms with van der Waals surface area (Å²) in [5.41, 5.74) is 1.80. The van der Waals surface area contributed by atoms with E-state index in [1.165, 1.54) is 10.9 Å². The van der Waals surface area contributed by atoms with Gasteiger partial charge < -0.3 is 10.3 Å². The number of anilines is 1. The normalized spacial score (nSPS) is 13.3. The highest BCUT2D eigenvalue weighted by atomic mass is 32.2. The molecule has 2 heterocycles. The van der Waals surface area contributed by atoms with Gasteiger partial charge in [0.05, 0.1) is 16.1 Å². The molecule has 0 unspecified atom stereocenters. The number of rotatable bonds is 5. The van der Waals surface area contributed by atoms with Gasteiger partial charge in [-0.25, -0.2) is 4.98 Å². The van der Waals surface area contributed by atoms with Gasteiger partial charge in [-0.1, -0.05) is 17.8 Å². The molecule has 0 bridgehead atoms. The van der Waals surface area contributed by atoms with Gasteiger partial charge in [-0.15, -0.1) is 11.3 Å².